The minimum absolute atomic E-state index is 0.0819. The molecule has 0 radical (unpaired) electrons. The Hall–Kier alpha value is -2.43. The van der Waals surface area contributed by atoms with Crippen LogP contribution in [0.3, 0.4) is 0 Å². The van der Waals surface area contributed by atoms with Gasteiger partial charge in [-0.05, 0) is 91.4 Å². The second-order valence-corrected chi connectivity index (χ2v) is 10.2. The van der Waals surface area contributed by atoms with Crippen LogP contribution in [-0.2, 0) is 5.41 Å². The van der Waals surface area contributed by atoms with Crippen LogP contribution in [0.25, 0.3) is 11.3 Å². The molecule has 0 saturated carbocycles. The van der Waals surface area contributed by atoms with Gasteiger partial charge in [0.15, 0.2) is 0 Å². The van der Waals surface area contributed by atoms with E-state index in [9.17, 15) is 0 Å². The summed E-state index contributed by atoms with van der Waals surface area (Å²) in [5.41, 5.74) is 6.66. The van der Waals surface area contributed by atoms with Gasteiger partial charge in [0.2, 0.25) is 0 Å². The molecule has 3 aromatic carbocycles. The maximum absolute atomic E-state index is 4.63. The summed E-state index contributed by atoms with van der Waals surface area (Å²) in [6.45, 7) is 6.67. The minimum atomic E-state index is 0.0819. The highest BCUT2D eigenvalue weighted by molar-refractivity contribution is 9.11. The number of pyridine rings is 1. The van der Waals surface area contributed by atoms with Crippen LogP contribution < -0.4 is 4.90 Å². The van der Waals surface area contributed by atoms with Crippen molar-refractivity contribution in [2.75, 3.05) is 4.90 Å². The largest absolute Gasteiger partial charge is 0.308 e. The van der Waals surface area contributed by atoms with Gasteiger partial charge in [-0.25, -0.2) is 0 Å². The highest BCUT2D eigenvalue weighted by atomic mass is 79.9. The van der Waals surface area contributed by atoms with E-state index in [1.54, 1.807) is 0 Å². The molecule has 4 heteroatoms. The van der Waals surface area contributed by atoms with Crippen LogP contribution in [0.4, 0.5) is 17.1 Å². The molecule has 0 aliphatic rings. The first-order valence-electron chi connectivity index (χ1n) is 10.2. The Morgan fingerprint density at radius 1 is 0.710 bits per heavy atom. The van der Waals surface area contributed by atoms with E-state index in [1.807, 2.05) is 18.3 Å². The first-order valence-corrected chi connectivity index (χ1v) is 11.8. The summed E-state index contributed by atoms with van der Waals surface area (Å²) in [7, 11) is 0. The van der Waals surface area contributed by atoms with Crippen molar-refractivity contribution < 1.29 is 0 Å². The fourth-order valence-electron chi connectivity index (χ4n) is 3.52. The van der Waals surface area contributed by atoms with Crippen molar-refractivity contribution in [3.63, 3.8) is 0 Å². The Labute approximate surface area is 201 Å². The number of hydrogen-bond donors (Lipinski definition) is 0. The zero-order chi connectivity index (χ0) is 22.0. The Kier molecular flexibility index (Phi) is 6.31. The summed E-state index contributed by atoms with van der Waals surface area (Å²) in [5, 5.41) is 0. The molecule has 0 N–H and O–H groups in total. The van der Waals surface area contributed by atoms with Gasteiger partial charge in [-0.2, -0.15) is 0 Å². The fourth-order valence-corrected chi connectivity index (χ4v) is 4.54. The quantitative estimate of drug-likeness (QED) is 0.259. The van der Waals surface area contributed by atoms with Crippen LogP contribution in [0.15, 0.2) is 100 Å². The molecular weight excluding hydrogens is 512 g/mol. The molecule has 2 nitrogen and oxygen atoms in total. The summed E-state index contributed by atoms with van der Waals surface area (Å²) in [6, 6.07) is 29.4. The van der Waals surface area contributed by atoms with Gasteiger partial charge in [0.1, 0.15) is 0 Å². The van der Waals surface area contributed by atoms with Gasteiger partial charge in [0, 0.05) is 26.4 Å². The third-order valence-electron chi connectivity index (χ3n) is 5.22. The molecule has 0 aliphatic heterocycles. The molecule has 0 atom stereocenters. The van der Waals surface area contributed by atoms with Crippen molar-refractivity contribution in [1.82, 2.24) is 4.98 Å². The number of halogens is 2. The zero-order valence-corrected chi connectivity index (χ0v) is 21.0. The highest BCUT2D eigenvalue weighted by Crippen LogP contribution is 2.42. The van der Waals surface area contributed by atoms with E-state index in [1.165, 1.54) is 5.56 Å². The maximum Gasteiger partial charge on any atom is 0.0705 e. The summed E-state index contributed by atoms with van der Waals surface area (Å²) < 4.78 is 2.04. The van der Waals surface area contributed by atoms with E-state index in [0.717, 1.165) is 37.3 Å². The summed E-state index contributed by atoms with van der Waals surface area (Å²) in [4.78, 5) is 6.87. The average Bonchev–Trinajstić information content (AvgIpc) is 2.76. The Balaban J connectivity index is 1.81. The number of hydrogen-bond acceptors (Lipinski definition) is 2. The molecule has 156 valence electrons. The number of para-hydroxylation sites is 2. The monoisotopic (exact) mass is 534 g/mol. The van der Waals surface area contributed by atoms with Crippen LogP contribution >= 0.6 is 31.9 Å². The molecule has 1 aromatic heterocycles. The molecule has 0 spiro atoms. The molecule has 31 heavy (non-hydrogen) atoms. The van der Waals surface area contributed by atoms with Gasteiger partial charge in [0.25, 0.3) is 0 Å². The number of nitrogens with zero attached hydrogens (tertiary/aromatic N) is 2. The lowest BCUT2D eigenvalue weighted by atomic mass is 9.87. The molecule has 0 aliphatic carbocycles. The highest BCUT2D eigenvalue weighted by Gasteiger charge is 2.19. The van der Waals surface area contributed by atoms with Crippen molar-refractivity contribution >= 4 is 48.9 Å². The van der Waals surface area contributed by atoms with Gasteiger partial charge in [-0.15, -0.1) is 0 Å². The van der Waals surface area contributed by atoms with E-state index < -0.39 is 0 Å². The standard InChI is InChI=1S/C27H24Br2N2/c1-27(2,3)20-15-16-30-24(18-20)19-13-14-26(23(29)17-19)31(21-9-5-4-6-10-21)25-12-8-7-11-22(25)28/h4-18H,1-3H3. The lowest BCUT2D eigenvalue weighted by molar-refractivity contribution is 0.589. The fraction of sp³-hybridized carbons (Fsp3) is 0.148. The Morgan fingerprint density at radius 2 is 1.39 bits per heavy atom. The smallest absolute Gasteiger partial charge is 0.0705 e. The molecule has 0 fully saturated rings. The summed E-state index contributed by atoms with van der Waals surface area (Å²) >= 11 is 7.56. The topological polar surface area (TPSA) is 16.1 Å². The minimum Gasteiger partial charge on any atom is -0.308 e. The van der Waals surface area contributed by atoms with Gasteiger partial charge in [-0.1, -0.05) is 57.2 Å². The lowest BCUT2D eigenvalue weighted by Gasteiger charge is -2.27. The van der Waals surface area contributed by atoms with Crippen LogP contribution in [0.5, 0.6) is 0 Å². The molecular formula is C27H24Br2N2. The molecule has 4 aromatic rings. The Bertz CT molecular complexity index is 1200. The van der Waals surface area contributed by atoms with E-state index >= 15 is 0 Å². The van der Waals surface area contributed by atoms with Crippen LogP contribution in [0.1, 0.15) is 26.3 Å². The van der Waals surface area contributed by atoms with Crippen molar-refractivity contribution in [3.8, 4) is 11.3 Å². The number of benzene rings is 3. The van der Waals surface area contributed by atoms with Crippen LogP contribution in [0.2, 0.25) is 0 Å². The number of aromatic nitrogens is 1. The molecule has 0 saturated heterocycles. The predicted molar refractivity (Wildman–Crippen MR) is 138 cm³/mol. The Morgan fingerprint density at radius 3 is 2.06 bits per heavy atom. The first kappa shape index (κ1) is 21.8. The van der Waals surface area contributed by atoms with E-state index in [4.69, 9.17) is 0 Å². The summed E-state index contributed by atoms with van der Waals surface area (Å²) in [5.74, 6) is 0. The van der Waals surface area contributed by atoms with Gasteiger partial charge in [0.05, 0.1) is 17.1 Å². The van der Waals surface area contributed by atoms with Gasteiger partial charge >= 0.3 is 0 Å². The molecule has 0 amide bonds. The molecule has 4 rings (SSSR count). The molecule has 0 bridgehead atoms. The molecule has 0 unspecified atom stereocenters. The van der Waals surface area contributed by atoms with E-state index in [0.29, 0.717) is 0 Å². The molecule has 1 heterocycles. The predicted octanol–water partition coefficient (Wildman–Crippen LogP) is 9.04. The van der Waals surface area contributed by atoms with E-state index in [2.05, 4.69) is 135 Å². The normalized spacial score (nSPS) is 11.4. The third-order valence-corrected chi connectivity index (χ3v) is 6.52. The average molecular weight is 536 g/mol. The SMILES string of the molecule is CC(C)(C)c1ccnc(-c2ccc(N(c3ccccc3)c3ccccc3Br)c(Br)c2)c1. The zero-order valence-electron chi connectivity index (χ0n) is 17.8. The number of rotatable bonds is 4. The maximum atomic E-state index is 4.63. The number of anilines is 3. The van der Waals surface area contributed by atoms with Crippen molar-refractivity contribution in [1.29, 1.82) is 0 Å². The van der Waals surface area contributed by atoms with Gasteiger partial charge < -0.3 is 4.90 Å². The van der Waals surface area contributed by atoms with Crippen molar-refractivity contribution in [2.45, 2.75) is 26.2 Å². The lowest BCUT2D eigenvalue weighted by Crippen LogP contribution is -2.12. The van der Waals surface area contributed by atoms with Gasteiger partial charge in [-0.3, -0.25) is 4.98 Å². The van der Waals surface area contributed by atoms with Crippen molar-refractivity contribution in [2.24, 2.45) is 0 Å². The van der Waals surface area contributed by atoms with Crippen LogP contribution in [-0.4, -0.2) is 4.98 Å². The summed E-state index contributed by atoms with van der Waals surface area (Å²) in [6.07, 6.45) is 1.90. The third kappa shape index (κ3) is 4.76. The van der Waals surface area contributed by atoms with Crippen molar-refractivity contribution in [3.05, 3.63) is 106 Å². The first-order chi connectivity index (χ1) is 14.8. The second kappa shape index (κ2) is 8.97. The van der Waals surface area contributed by atoms with E-state index in [-0.39, 0.29) is 5.41 Å². The second-order valence-electron chi connectivity index (χ2n) is 8.47. The van der Waals surface area contributed by atoms with Crippen LogP contribution in [0, 0.1) is 0 Å².